The van der Waals surface area contributed by atoms with Gasteiger partial charge in [0.2, 0.25) is 0 Å². The molecule has 3 N–H and O–H groups in total. The number of nitrogens with two attached hydrogens (primary N) is 1. The molecule has 1 aromatic rings. The summed E-state index contributed by atoms with van der Waals surface area (Å²) >= 11 is 1.76. The minimum Gasteiger partial charge on any atom is -0.330 e. The zero-order valence-electron chi connectivity index (χ0n) is 10.6. The molecule has 3 heteroatoms. The van der Waals surface area contributed by atoms with Gasteiger partial charge in [-0.1, -0.05) is 26.0 Å². The molecule has 90 valence electrons. The maximum absolute atomic E-state index is 5.83. The van der Waals surface area contributed by atoms with E-state index in [-0.39, 0.29) is 5.41 Å². The molecule has 0 bridgehead atoms. The van der Waals surface area contributed by atoms with Crippen molar-refractivity contribution >= 4 is 11.8 Å². The van der Waals surface area contributed by atoms with Crippen molar-refractivity contribution in [3.63, 3.8) is 0 Å². The van der Waals surface area contributed by atoms with E-state index in [2.05, 4.69) is 49.7 Å². The molecule has 1 rings (SSSR count). The number of rotatable bonds is 5. The van der Waals surface area contributed by atoms with Crippen LogP contribution in [0.25, 0.3) is 0 Å². The molecule has 0 fully saturated rings. The monoisotopic (exact) mass is 238 g/mol. The zero-order chi connectivity index (χ0) is 12.2. The SMILES string of the molecule is CNC(c1ccc(SC)cc1)C(C)(C)CN. The van der Waals surface area contributed by atoms with E-state index in [1.807, 2.05) is 7.05 Å². The number of hydrogen-bond acceptors (Lipinski definition) is 3. The smallest absolute Gasteiger partial charge is 0.0381 e. The molecule has 2 nitrogen and oxygen atoms in total. The average molecular weight is 238 g/mol. The van der Waals surface area contributed by atoms with E-state index < -0.39 is 0 Å². The van der Waals surface area contributed by atoms with Gasteiger partial charge in [0.15, 0.2) is 0 Å². The Morgan fingerprint density at radius 1 is 1.31 bits per heavy atom. The first kappa shape index (κ1) is 13.6. The van der Waals surface area contributed by atoms with E-state index in [9.17, 15) is 0 Å². The van der Waals surface area contributed by atoms with E-state index in [1.165, 1.54) is 10.5 Å². The lowest BCUT2D eigenvalue weighted by molar-refractivity contribution is 0.265. The van der Waals surface area contributed by atoms with Crippen LogP contribution in [0.1, 0.15) is 25.5 Å². The second-order valence-corrected chi connectivity index (χ2v) is 5.57. The van der Waals surface area contributed by atoms with E-state index in [0.29, 0.717) is 12.6 Å². The van der Waals surface area contributed by atoms with Gasteiger partial charge in [-0.3, -0.25) is 0 Å². The fourth-order valence-electron chi connectivity index (χ4n) is 1.92. The first-order valence-electron chi connectivity index (χ1n) is 5.56. The van der Waals surface area contributed by atoms with Gasteiger partial charge >= 0.3 is 0 Å². The van der Waals surface area contributed by atoms with Gasteiger partial charge in [-0.25, -0.2) is 0 Å². The van der Waals surface area contributed by atoms with E-state index >= 15 is 0 Å². The van der Waals surface area contributed by atoms with Gasteiger partial charge in [-0.15, -0.1) is 11.8 Å². The Hall–Kier alpha value is -0.510. The minimum absolute atomic E-state index is 0.0651. The second kappa shape index (κ2) is 5.71. The molecule has 16 heavy (non-hydrogen) atoms. The van der Waals surface area contributed by atoms with Crippen LogP contribution in [0.15, 0.2) is 29.2 Å². The molecule has 0 saturated heterocycles. The molecular weight excluding hydrogens is 216 g/mol. The van der Waals surface area contributed by atoms with Crippen molar-refractivity contribution in [2.45, 2.75) is 24.8 Å². The first-order valence-corrected chi connectivity index (χ1v) is 6.79. The topological polar surface area (TPSA) is 38.0 Å². The van der Waals surface area contributed by atoms with Crippen molar-refractivity contribution in [1.29, 1.82) is 0 Å². The largest absolute Gasteiger partial charge is 0.330 e. The Morgan fingerprint density at radius 2 is 1.88 bits per heavy atom. The third kappa shape index (κ3) is 3.00. The van der Waals surface area contributed by atoms with Crippen molar-refractivity contribution in [1.82, 2.24) is 5.32 Å². The highest BCUT2D eigenvalue weighted by molar-refractivity contribution is 7.98. The van der Waals surface area contributed by atoms with Crippen LogP contribution in [0.4, 0.5) is 0 Å². The summed E-state index contributed by atoms with van der Waals surface area (Å²) < 4.78 is 0. The normalized spacial score (nSPS) is 13.8. The highest BCUT2D eigenvalue weighted by Gasteiger charge is 2.27. The van der Waals surface area contributed by atoms with Crippen molar-refractivity contribution in [3.05, 3.63) is 29.8 Å². The molecule has 0 aliphatic rings. The van der Waals surface area contributed by atoms with Gasteiger partial charge in [0.1, 0.15) is 0 Å². The number of thioether (sulfide) groups is 1. The highest BCUT2D eigenvalue weighted by Crippen LogP contribution is 2.32. The van der Waals surface area contributed by atoms with Crippen LogP contribution in [0, 0.1) is 5.41 Å². The molecule has 0 radical (unpaired) electrons. The number of hydrogen-bond donors (Lipinski definition) is 2. The van der Waals surface area contributed by atoms with Gasteiger partial charge in [0.25, 0.3) is 0 Å². The third-order valence-electron chi connectivity index (χ3n) is 3.05. The van der Waals surface area contributed by atoms with Gasteiger partial charge < -0.3 is 11.1 Å². The summed E-state index contributed by atoms with van der Waals surface area (Å²) in [7, 11) is 1.99. The van der Waals surface area contributed by atoms with Gasteiger partial charge in [-0.05, 0) is 43.0 Å². The molecule has 0 saturated carbocycles. The lowest BCUT2D eigenvalue weighted by Crippen LogP contribution is -2.37. The fraction of sp³-hybridized carbons (Fsp3) is 0.538. The fourth-order valence-corrected chi connectivity index (χ4v) is 2.33. The molecule has 1 aromatic carbocycles. The lowest BCUT2D eigenvalue weighted by atomic mass is 9.80. The minimum atomic E-state index is 0.0651. The van der Waals surface area contributed by atoms with Crippen LogP contribution in [0.5, 0.6) is 0 Å². The maximum atomic E-state index is 5.83. The van der Waals surface area contributed by atoms with Crippen molar-refractivity contribution in [2.24, 2.45) is 11.1 Å². The van der Waals surface area contributed by atoms with Crippen LogP contribution < -0.4 is 11.1 Å². The molecule has 0 heterocycles. The van der Waals surface area contributed by atoms with Crippen LogP contribution in [-0.4, -0.2) is 19.8 Å². The summed E-state index contributed by atoms with van der Waals surface area (Å²) in [5, 5.41) is 3.36. The van der Waals surface area contributed by atoms with Crippen molar-refractivity contribution in [2.75, 3.05) is 19.8 Å². The molecule has 0 aliphatic carbocycles. The van der Waals surface area contributed by atoms with Gasteiger partial charge in [0, 0.05) is 10.9 Å². The number of benzene rings is 1. The van der Waals surface area contributed by atoms with Crippen LogP contribution in [0.2, 0.25) is 0 Å². The molecular formula is C13H22N2S. The summed E-state index contributed by atoms with van der Waals surface area (Å²) in [6.07, 6.45) is 2.09. The summed E-state index contributed by atoms with van der Waals surface area (Å²) in [6, 6.07) is 9.00. The Kier molecular flexibility index (Phi) is 4.84. The Balaban J connectivity index is 2.95. The quantitative estimate of drug-likeness (QED) is 0.775. The maximum Gasteiger partial charge on any atom is 0.0381 e. The lowest BCUT2D eigenvalue weighted by Gasteiger charge is -2.33. The Bertz CT molecular complexity index is 319. The second-order valence-electron chi connectivity index (χ2n) is 4.69. The molecule has 0 amide bonds. The highest BCUT2D eigenvalue weighted by atomic mass is 32.2. The molecule has 0 aliphatic heterocycles. The summed E-state index contributed by atoms with van der Waals surface area (Å²) in [4.78, 5) is 1.30. The standard InChI is InChI=1S/C13H22N2S/c1-13(2,9-14)12(15-3)10-5-7-11(16-4)8-6-10/h5-8,12,15H,9,14H2,1-4H3. The van der Waals surface area contributed by atoms with E-state index in [4.69, 9.17) is 5.73 Å². The Labute approximate surface area is 103 Å². The van der Waals surface area contributed by atoms with E-state index in [1.54, 1.807) is 11.8 Å². The zero-order valence-corrected chi connectivity index (χ0v) is 11.4. The number of nitrogens with one attached hydrogen (secondary N) is 1. The van der Waals surface area contributed by atoms with Crippen LogP contribution >= 0.6 is 11.8 Å². The van der Waals surface area contributed by atoms with Gasteiger partial charge in [-0.2, -0.15) is 0 Å². The summed E-state index contributed by atoms with van der Waals surface area (Å²) in [5.74, 6) is 0. The van der Waals surface area contributed by atoms with Gasteiger partial charge in [0.05, 0.1) is 0 Å². The summed E-state index contributed by atoms with van der Waals surface area (Å²) in [6.45, 7) is 5.05. The molecule has 1 unspecified atom stereocenters. The molecule has 0 aromatic heterocycles. The predicted octanol–water partition coefficient (Wildman–Crippen LogP) is 2.65. The Morgan fingerprint density at radius 3 is 2.25 bits per heavy atom. The summed E-state index contributed by atoms with van der Waals surface area (Å²) in [5.41, 5.74) is 7.20. The van der Waals surface area contributed by atoms with Crippen molar-refractivity contribution in [3.8, 4) is 0 Å². The third-order valence-corrected chi connectivity index (χ3v) is 3.79. The first-order chi connectivity index (χ1) is 7.55. The van der Waals surface area contributed by atoms with Crippen LogP contribution in [0.3, 0.4) is 0 Å². The van der Waals surface area contributed by atoms with Crippen LogP contribution in [-0.2, 0) is 0 Å². The van der Waals surface area contributed by atoms with E-state index in [0.717, 1.165) is 0 Å². The molecule has 0 spiro atoms. The predicted molar refractivity (Wildman–Crippen MR) is 72.9 cm³/mol. The molecule has 1 atom stereocenters. The van der Waals surface area contributed by atoms with Crippen molar-refractivity contribution < 1.29 is 0 Å². The average Bonchev–Trinajstić information content (AvgIpc) is 2.30.